The van der Waals surface area contributed by atoms with Gasteiger partial charge in [-0.1, -0.05) is 23.7 Å². The van der Waals surface area contributed by atoms with E-state index in [1.807, 2.05) is 47.4 Å². The maximum absolute atomic E-state index is 11.6. The van der Waals surface area contributed by atoms with Crippen LogP contribution in [0.1, 0.15) is 22.9 Å². The van der Waals surface area contributed by atoms with Gasteiger partial charge in [-0.25, -0.2) is 0 Å². The Morgan fingerprint density at radius 3 is 2.75 bits per heavy atom. The summed E-state index contributed by atoms with van der Waals surface area (Å²) >= 11 is 6.17. The second-order valence-electron chi connectivity index (χ2n) is 5.98. The van der Waals surface area contributed by atoms with E-state index in [1.54, 1.807) is 7.11 Å². The van der Waals surface area contributed by atoms with Gasteiger partial charge in [0.2, 0.25) is 6.41 Å². The molecule has 2 aromatic carbocycles. The third-order valence-electron chi connectivity index (χ3n) is 4.69. The molecule has 0 radical (unpaired) electrons. The van der Waals surface area contributed by atoms with Crippen molar-refractivity contribution in [2.45, 2.75) is 12.5 Å². The van der Waals surface area contributed by atoms with E-state index in [0.717, 1.165) is 45.8 Å². The summed E-state index contributed by atoms with van der Waals surface area (Å²) in [6.45, 7) is 0.687. The highest BCUT2D eigenvalue weighted by Gasteiger charge is 2.30. The molecule has 0 bridgehead atoms. The SMILES string of the molecule is COc1ccc([C@H]2c3[nH]c4ccc(Cl)cc4c3CCN2C=O)cc1. The van der Waals surface area contributed by atoms with Crippen LogP contribution in [0, 0.1) is 0 Å². The zero-order valence-electron chi connectivity index (χ0n) is 13.3. The molecule has 4 nitrogen and oxygen atoms in total. The molecule has 0 unspecified atom stereocenters. The quantitative estimate of drug-likeness (QED) is 0.734. The first kappa shape index (κ1) is 15.1. The molecule has 5 heteroatoms. The minimum atomic E-state index is -0.122. The highest BCUT2D eigenvalue weighted by Crippen LogP contribution is 2.38. The van der Waals surface area contributed by atoms with Crippen molar-refractivity contribution >= 4 is 28.9 Å². The van der Waals surface area contributed by atoms with Gasteiger partial charge in [0.05, 0.1) is 13.2 Å². The molecular formula is C19H17ClN2O2. The Morgan fingerprint density at radius 1 is 1.25 bits per heavy atom. The molecule has 24 heavy (non-hydrogen) atoms. The van der Waals surface area contributed by atoms with Crippen molar-refractivity contribution in [1.82, 2.24) is 9.88 Å². The van der Waals surface area contributed by atoms with Crippen molar-refractivity contribution in [2.24, 2.45) is 0 Å². The number of carbonyl (C=O) groups is 1. The normalized spacial score (nSPS) is 16.9. The second kappa shape index (κ2) is 5.87. The highest BCUT2D eigenvalue weighted by molar-refractivity contribution is 6.31. The Hall–Kier alpha value is -2.46. The summed E-state index contributed by atoms with van der Waals surface area (Å²) in [6, 6.07) is 13.6. The van der Waals surface area contributed by atoms with Gasteiger partial charge in [0.1, 0.15) is 5.75 Å². The van der Waals surface area contributed by atoms with Crippen molar-refractivity contribution in [3.05, 3.63) is 64.3 Å². The van der Waals surface area contributed by atoms with E-state index in [2.05, 4.69) is 4.98 Å². The number of H-pyrrole nitrogens is 1. The molecule has 1 aliphatic heterocycles. The lowest BCUT2D eigenvalue weighted by molar-refractivity contribution is -0.120. The largest absolute Gasteiger partial charge is 0.497 e. The third kappa shape index (κ3) is 2.34. The fourth-order valence-electron chi connectivity index (χ4n) is 3.54. The molecule has 0 saturated heterocycles. The zero-order valence-corrected chi connectivity index (χ0v) is 14.0. The monoisotopic (exact) mass is 340 g/mol. The number of aromatic nitrogens is 1. The number of amides is 1. The number of nitrogens with one attached hydrogen (secondary N) is 1. The van der Waals surface area contributed by atoms with Gasteiger partial charge in [0, 0.05) is 28.2 Å². The summed E-state index contributed by atoms with van der Waals surface area (Å²) in [7, 11) is 1.65. The number of ether oxygens (including phenoxy) is 1. The second-order valence-corrected chi connectivity index (χ2v) is 6.41. The molecule has 0 aliphatic carbocycles. The van der Waals surface area contributed by atoms with Gasteiger partial charge in [-0.2, -0.15) is 0 Å². The van der Waals surface area contributed by atoms with Crippen LogP contribution in [0.3, 0.4) is 0 Å². The number of rotatable bonds is 3. The van der Waals surface area contributed by atoms with E-state index in [9.17, 15) is 4.79 Å². The van der Waals surface area contributed by atoms with E-state index >= 15 is 0 Å². The van der Waals surface area contributed by atoms with Crippen LogP contribution >= 0.6 is 11.6 Å². The smallest absolute Gasteiger partial charge is 0.210 e. The molecule has 2 heterocycles. The standard InChI is InChI=1S/C19H17ClN2O2/c1-24-14-5-2-12(3-6-14)19-18-15(8-9-22(19)11-23)16-10-13(20)4-7-17(16)21-18/h2-7,10-11,19,21H,8-9H2,1H3/t19-/m0/s1. The van der Waals surface area contributed by atoms with Crippen molar-refractivity contribution in [3.63, 3.8) is 0 Å². The average Bonchev–Trinajstić information content (AvgIpc) is 2.98. The topological polar surface area (TPSA) is 45.3 Å². The number of hydrogen-bond donors (Lipinski definition) is 1. The van der Waals surface area contributed by atoms with Gasteiger partial charge in [0.15, 0.2) is 0 Å². The van der Waals surface area contributed by atoms with E-state index < -0.39 is 0 Å². The molecule has 1 atom stereocenters. The Kier molecular flexibility index (Phi) is 3.69. The molecule has 0 fully saturated rings. The fraction of sp³-hybridized carbons (Fsp3) is 0.211. The molecule has 0 saturated carbocycles. The lowest BCUT2D eigenvalue weighted by Crippen LogP contribution is -2.34. The minimum absolute atomic E-state index is 0.122. The first-order valence-electron chi connectivity index (χ1n) is 7.86. The summed E-state index contributed by atoms with van der Waals surface area (Å²) in [4.78, 5) is 16.9. The molecule has 1 aliphatic rings. The predicted molar refractivity (Wildman–Crippen MR) is 94.6 cm³/mol. The van der Waals surface area contributed by atoms with Crippen LogP contribution in [0.4, 0.5) is 0 Å². The molecule has 0 spiro atoms. The van der Waals surface area contributed by atoms with Gasteiger partial charge in [-0.05, 0) is 47.9 Å². The lowest BCUT2D eigenvalue weighted by Gasteiger charge is -2.33. The van der Waals surface area contributed by atoms with Crippen molar-refractivity contribution in [3.8, 4) is 5.75 Å². The Labute approximate surface area is 145 Å². The number of methoxy groups -OCH3 is 1. The number of fused-ring (bicyclic) bond motifs is 3. The Bertz CT molecular complexity index is 902. The Morgan fingerprint density at radius 2 is 2.04 bits per heavy atom. The van der Waals surface area contributed by atoms with E-state index in [4.69, 9.17) is 16.3 Å². The molecule has 122 valence electrons. The van der Waals surface area contributed by atoms with Gasteiger partial charge in [-0.15, -0.1) is 0 Å². The number of aromatic amines is 1. The maximum Gasteiger partial charge on any atom is 0.210 e. The number of hydrogen-bond acceptors (Lipinski definition) is 2. The van der Waals surface area contributed by atoms with Crippen LogP contribution in [0.15, 0.2) is 42.5 Å². The lowest BCUT2D eigenvalue weighted by atomic mass is 9.93. The van der Waals surface area contributed by atoms with Crippen LogP contribution < -0.4 is 4.74 Å². The first-order valence-corrected chi connectivity index (χ1v) is 8.24. The van der Waals surface area contributed by atoms with E-state index in [0.29, 0.717) is 6.54 Å². The van der Waals surface area contributed by atoms with Crippen molar-refractivity contribution in [2.75, 3.05) is 13.7 Å². The van der Waals surface area contributed by atoms with Crippen molar-refractivity contribution in [1.29, 1.82) is 0 Å². The molecule has 1 aromatic heterocycles. The first-order chi connectivity index (χ1) is 11.7. The van der Waals surface area contributed by atoms with E-state index in [-0.39, 0.29) is 6.04 Å². The summed E-state index contributed by atoms with van der Waals surface area (Å²) in [5, 5.41) is 1.87. The number of carbonyl (C=O) groups excluding carboxylic acids is 1. The Balaban J connectivity index is 1.88. The number of nitrogens with zero attached hydrogens (tertiary/aromatic N) is 1. The van der Waals surface area contributed by atoms with Gasteiger partial charge < -0.3 is 14.6 Å². The summed E-state index contributed by atoms with van der Waals surface area (Å²) in [5.74, 6) is 0.802. The van der Waals surface area contributed by atoms with Gasteiger partial charge in [0.25, 0.3) is 0 Å². The summed E-state index contributed by atoms with van der Waals surface area (Å²) < 4.78 is 5.23. The highest BCUT2D eigenvalue weighted by atomic mass is 35.5. The van der Waals surface area contributed by atoms with Crippen LogP contribution in [0.5, 0.6) is 5.75 Å². The zero-order chi connectivity index (χ0) is 16.7. The summed E-state index contributed by atoms with van der Waals surface area (Å²) in [6.07, 6.45) is 1.75. The molecular weight excluding hydrogens is 324 g/mol. The molecule has 4 rings (SSSR count). The van der Waals surface area contributed by atoms with Gasteiger partial charge in [-0.3, -0.25) is 4.79 Å². The maximum atomic E-state index is 11.6. The average molecular weight is 341 g/mol. The van der Waals surface area contributed by atoms with Crippen LogP contribution in [0.25, 0.3) is 10.9 Å². The summed E-state index contributed by atoms with van der Waals surface area (Å²) in [5.41, 5.74) is 4.42. The fourth-order valence-corrected chi connectivity index (χ4v) is 3.71. The predicted octanol–water partition coefficient (Wildman–Crippen LogP) is 3.93. The van der Waals surface area contributed by atoms with Crippen molar-refractivity contribution < 1.29 is 9.53 Å². The van der Waals surface area contributed by atoms with E-state index in [1.165, 1.54) is 5.56 Å². The van der Waals surface area contributed by atoms with Crippen LogP contribution in [-0.4, -0.2) is 29.9 Å². The number of benzene rings is 2. The van der Waals surface area contributed by atoms with Crippen LogP contribution in [-0.2, 0) is 11.2 Å². The van der Waals surface area contributed by atoms with Gasteiger partial charge >= 0.3 is 0 Å². The molecule has 3 aromatic rings. The molecule has 1 N–H and O–H groups in total. The van der Waals surface area contributed by atoms with Crippen LogP contribution in [0.2, 0.25) is 5.02 Å². The number of halogens is 1. The minimum Gasteiger partial charge on any atom is -0.497 e. The molecule has 1 amide bonds. The third-order valence-corrected chi connectivity index (χ3v) is 4.93.